The van der Waals surface area contributed by atoms with E-state index in [1.807, 2.05) is 6.92 Å². The fraction of sp³-hybridized carbons (Fsp3) is 0.588. The zero-order valence-electron chi connectivity index (χ0n) is 13.9. The molecule has 1 aliphatic carbocycles. The monoisotopic (exact) mass is 359 g/mol. The Bertz CT molecular complexity index is 551. The molecule has 0 bridgehead atoms. The molecule has 2 rings (SSSR count). The number of nitrogens with one attached hydrogen (secondary N) is 1. The van der Waals surface area contributed by atoms with E-state index in [9.17, 15) is 13.6 Å². The Morgan fingerprint density at radius 2 is 2.04 bits per heavy atom. The van der Waals surface area contributed by atoms with E-state index in [1.54, 1.807) is 12.1 Å². The van der Waals surface area contributed by atoms with Gasteiger partial charge in [-0.25, -0.2) is 0 Å². The van der Waals surface area contributed by atoms with Crippen molar-refractivity contribution >= 4 is 17.7 Å². The number of methoxy groups -OCH3 is 1. The number of carbonyl (C=O) groups is 1. The van der Waals surface area contributed by atoms with Crippen molar-refractivity contribution in [1.82, 2.24) is 5.32 Å². The van der Waals surface area contributed by atoms with Crippen molar-refractivity contribution in [3.63, 3.8) is 0 Å². The predicted octanol–water partition coefficient (Wildman–Crippen LogP) is 3.98. The van der Waals surface area contributed by atoms with Crippen molar-refractivity contribution in [2.45, 2.75) is 56.3 Å². The zero-order valence-corrected chi connectivity index (χ0v) is 14.7. The Kier molecular flexibility index (Phi) is 7.15. The first-order valence-corrected chi connectivity index (χ1v) is 9.08. The molecular formula is C17H23F2NO3S. The smallest absolute Gasteiger partial charge is 0.387 e. The number of ether oxygens (including phenoxy) is 2. The Labute approximate surface area is 145 Å². The summed E-state index contributed by atoms with van der Waals surface area (Å²) in [6.45, 7) is -1.01. The Morgan fingerprint density at radius 1 is 1.33 bits per heavy atom. The predicted molar refractivity (Wildman–Crippen MR) is 90.8 cm³/mol. The highest BCUT2D eigenvalue weighted by atomic mass is 32.2. The summed E-state index contributed by atoms with van der Waals surface area (Å²) in [5.41, 5.74) is 0.888. The van der Waals surface area contributed by atoms with Crippen LogP contribution in [-0.4, -0.2) is 30.9 Å². The molecule has 1 saturated carbocycles. The van der Waals surface area contributed by atoms with Crippen LogP contribution in [0.1, 0.15) is 38.2 Å². The molecule has 7 heteroatoms. The van der Waals surface area contributed by atoms with Crippen LogP contribution in [0.15, 0.2) is 18.2 Å². The Balaban J connectivity index is 1.87. The topological polar surface area (TPSA) is 47.6 Å². The minimum atomic E-state index is -2.89. The lowest BCUT2D eigenvalue weighted by Crippen LogP contribution is -2.37. The first-order chi connectivity index (χ1) is 11.5. The van der Waals surface area contributed by atoms with Crippen LogP contribution in [-0.2, 0) is 10.5 Å². The van der Waals surface area contributed by atoms with Gasteiger partial charge in [0.1, 0.15) is 0 Å². The van der Waals surface area contributed by atoms with E-state index in [0.29, 0.717) is 11.8 Å². The van der Waals surface area contributed by atoms with Crippen LogP contribution in [0.2, 0.25) is 0 Å². The number of hydrogen-bond donors (Lipinski definition) is 1. The lowest BCUT2D eigenvalue weighted by atomic mass is 10.2. The Morgan fingerprint density at radius 3 is 2.67 bits per heavy atom. The number of carbonyl (C=O) groups excluding carboxylic acids is 1. The number of halogens is 2. The maximum atomic E-state index is 12.3. The summed E-state index contributed by atoms with van der Waals surface area (Å²) in [6, 6.07) is 5.14. The molecule has 1 aliphatic rings. The second kappa shape index (κ2) is 9.11. The normalized spacial score (nSPS) is 16.2. The molecule has 0 aromatic heterocycles. The van der Waals surface area contributed by atoms with Crippen molar-refractivity contribution in [2.24, 2.45) is 0 Å². The van der Waals surface area contributed by atoms with Crippen molar-refractivity contribution < 1.29 is 23.0 Å². The summed E-state index contributed by atoms with van der Waals surface area (Å²) in [5, 5.41) is 2.91. The molecule has 0 spiro atoms. The van der Waals surface area contributed by atoms with Gasteiger partial charge in [0, 0.05) is 11.8 Å². The van der Waals surface area contributed by atoms with Crippen LogP contribution in [0, 0.1) is 0 Å². The van der Waals surface area contributed by atoms with E-state index in [-0.39, 0.29) is 22.7 Å². The van der Waals surface area contributed by atoms with E-state index < -0.39 is 6.61 Å². The van der Waals surface area contributed by atoms with Crippen LogP contribution in [0.5, 0.6) is 11.5 Å². The molecule has 1 amide bonds. The zero-order chi connectivity index (χ0) is 17.5. The summed E-state index contributed by atoms with van der Waals surface area (Å²) in [7, 11) is 1.41. The fourth-order valence-electron chi connectivity index (χ4n) is 2.68. The molecule has 134 valence electrons. The summed E-state index contributed by atoms with van der Waals surface area (Å²) in [4.78, 5) is 12.2. The van der Waals surface area contributed by atoms with Gasteiger partial charge in [-0.2, -0.15) is 8.78 Å². The molecule has 0 radical (unpaired) electrons. The van der Waals surface area contributed by atoms with Gasteiger partial charge >= 0.3 is 6.61 Å². The van der Waals surface area contributed by atoms with Gasteiger partial charge in [-0.3, -0.25) is 4.79 Å². The second-order valence-electron chi connectivity index (χ2n) is 5.81. The van der Waals surface area contributed by atoms with Gasteiger partial charge in [0.2, 0.25) is 5.91 Å². The molecule has 1 aromatic carbocycles. The van der Waals surface area contributed by atoms with Gasteiger partial charge in [-0.05, 0) is 37.5 Å². The van der Waals surface area contributed by atoms with E-state index in [1.165, 1.54) is 37.8 Å². The third-order valence-electron chi connectivity index (χ3n) is 4.01. The average molecular weight is 359 g/mol. The van der Waals surface area contributed by atoms with E-state index in [2.05, 4.69) is 10.1 Å². The fourth-order valence-corrected chi connectivity index (χ4v) is 3.52. The van der Waals surface area contributed by atoms with E-state index in [4.69, 9.17) is 4.74 Å². The average Bonchev–Trinajstić information content (AvgIpc) is 3.05. The summed E-state index contributed by atoms with van der Waals surface area (Å²) >= 11 is 1.50. The van der Waals surface area contributed by atoms with Crippen molar-refractivity contribution in [1.29, 1.82) is 0 Å². The number of thioether (sulfide) groups is 1. The first-order valence-electron chi connectivity index (χ1n) is 8.03. The molecule has 4 nitrogen and oxygen atoms in total. The maximum Gasteiger partial charge on any atom is 0.387 e. The molecule has 24 heavy (non-hydrogen) atoms. The second-order valence-corrected chi connectivity index (χ2v) is 7.14. The molecule has 0 aliphatic heterocycles. The number of benzene rings is 1. The molecule has 1 aromatic rings. The van der Waals surface area contributed by atoms with E-state index in [0.717, 1.165) is 18.4 Å². The minimum Gasteiger partial charge on any atom is -0.493 e. The largest absolute Gasteiger partial charge is 0.493 e. The van der Waals surface area contributed by atoms with E-state index >= 15 is 0 Å². The number of alkyl halides is 2. The van der Waals surface area contributed by atoms with Crippen molar-refractivity contribution in [3.05, 3.63) is 23.8 Å². The number of hydrogen-bond acceptors (Lipinski definition) is 4. The molecule has 1 fully saturated rings. The van der Waals surface area contributed by atoms with Gasteiger partial charge in [0.05, 0.1) is 12.4 Å². The summed E-state index contributed by atoms with van der Waals surface area (Å²) in [6.07, 6.45) is 4.48. The lowest BCUT2D eigenvalue weighted by molar-refractivity contribution is -0.120. The van der Waals surface area contributed by atoms with Crippen LogP contribution in [0.4, 0.5) is 8.78 Å². The summed E-state index contributed by atoms with van der Waals surface area (Å²) in [5.74, 6) is 0.908. The lowest BCUT2D eigenvalue weighted by Gasteiger charge is -2.17. The highest BCUT2D eigenvalue weighted by Crippen LogP contribution is 2.31. The molecule has 1 N–H and O–H groups in total. The highest BCUT2D eigenvalue weighted by Gasteiger charge is 2.21. The SMILES string of the molecule is COc1cc(CS[C@H](C)C(=O)NC2CCCC2)ccc1OC(F)F. The van der Waals surface area contributed by atoms with Gasteiger partial charge < -0.3 is 14.8 Å². The highest BCUT2D eigenvalue weighted by molar-refractivity contribution is 7.99. The molecule has 1 atom stereocenters. The molecule has 0 unspecified atom stereocenters. The first kappa shape index (κ1) is 18.8. The summed E-state index contributed by atoms with van der Waals surface area (Å²) < 4.78 is 34.1. The minimum absolute atomic E-state index is 0.00766. The van der Waals surface area contributed by atoms with Gasteiger partial charge in [-0.15, -0.1) is 11.8 Å². The quantitative estimate of drug-likeness (QED) is 0.763. The van der Waals surface area contributed by atoms with Gasteiger partial charge in [-0.1, -0.05) is 18.9 Å². The van der Waals surface area contributed by atoms with Crippen LogP contribution >= 0.6 is 11.8 Å². The van der Waals surface area contributed by atoms with Crippen molar-refractivity contribution in [3.8, 4) is 11.5 Å². The van der Waals surface area contributed by atoms with Crippen LogP contribution in [0.3, 0.4) is 0 Å². The Hall–Kier alpha value is -1.50. The standard InChI is InChI=1S/C17H23F2NO3S/c1-11(16(21)20-13-5-3-4-6-13)24-10-12-7-8-14(23-17(18)19)15(9-12)22-2/h7-9,11,13,17H,3-6,10H2,1-2H3,(H,20,21)/t11-/m1/s1. The van der Waals surface area contributed by atoms with Crippen LogP contribution < -0.4 is 14.8 Å². The number of rotatable bonds is 8. The van der Waals surface area contributed by atoms with Gasteiger partial charge in [0.25, 0.3) is 0 Å². The van der Waals surface area contributed by atoms with Gasteiger partial charge in [0.15, 0.2) is 11.5 Å². The third kappa shape index (κ3) is 5.54. The van der Waals surface area contributed by atoms with Crippen LogP contribution in [0.25, 0.3) is 0 Å². The third-order valence-corrected chi connectivity index (χ3v) is 5.23. The maximum absolute atomic E-state index is 12.3. The molecule has 0 saturated heterocycles. The molecular weight excluding hydrogens is 336 g/mol. The molecule has 0 heterocycles. The van der Waals surface area contributed by atoms with Crippen molar-refractivity contribution in [2.75, 3.05) is 7.11 Å². The number of amides is 1.